The van der Waals surface area contributed by atoms with E-state index in [1.807, 2.05) is 12.1 Å². The Morgan fingerprint density at radius 1 is 1.12 bits per heavy atom. The number of benzene rings is 1. The number of rotatable bonds is 3. The van der Waals surface area contributed by atoms with Crippen molar-refractivity contribution in [2.75, 3.05) is 0 Å². The maximum absolute atomic E-state index is 12.7. The highest BCUT2D eigenvalue weighted by atomic mass is 16.1. The van der Waals surface area contributed by atoms with E-state index in [9.17, 15) is 9.59 Å². The average Bonchev–Trinajstić information content (AvgIpc) is 2.92. The van der Waals surface area contributed by atoms with Crippen molar-refractivity contribution in [2.24, 2.45) is 0 Å². The summed E-state index contributed by atoms with van der Waals surface area (Å²) in [7, 11) is 0. The summed E-state index contributed by atoms with van der Waals surface area (Å²) in [5.41, 5.74) is 2.09. The number of carbonyl (C=O) groups is 1. The second-order valence-corrected chi connectivity index (χ2v) is 6.57. The molecule has 4 rings (SSSR count). The minimum atomic E-state index is -0.180. The Bertz CT molecular complexity index is 1010. The lowest BCUT2D eigenvalue weighted by molar-refractivity contribution is 0.0951. The van der Waals surface area contributed by atoms with Crippen LogP contribution in [0.1, 0.15) is 41.0 Å². The predicted molar refractivity (Wildman–Crippen MR) is 99.0 cm³/mol. The summed E-state index contributed by atoms with van der Waals surface area (Å²) in [6.45, 7) is 1.16. The van der Waals surface area contributed by atoms with Gasteiger partial charge in [0, 0.05) is 37.5 Å². The van der Waals surface area contributed by atoms with Gasteiger partial charge in [-0.25, -0.2) is 4.98 Å². The largest absolute Gasteiger partial charge is 0.348 e. The van der Waals surface area contributed by atoms with Gasteiger partial charge in [-0.3, -0.25) is 19.1 Å². The molecule has 1 amide bonds. The normalized spacial score (nSPS) is 13.8. The lowest BCUT2D eigenvalue weighted by Gasteiger charge is -2.11. The maximum atomic E-state index is 12.7. The Morgan fingerprint density at radius 3 is 2.81 bits per heavy atom. The SMILES string of the molecule is O=C(NCc1ccncc1)c1ccc2c(=O)n3c(nc2c1)CCCCC3. The summed E-state index contributed by atoms with van der Waals surface area (Å²) < 4.78 is 1.79. The van der Waals surface area contributed by atoms with Crippen LogP contribution >= 0.6 is 0 Å². The fourth-order valence-corrected chi connectivity index (χ4v) is 3.34. The lowest BCUT2D eigenvalue weighted by Crippen LogP contribution is -2.25. The van der Waals surface area contributed by atoms with E-state index in [1.165, 1.54) is 0 Å². The van der Waals surface area contributed by atoms with E-state index in [-0.39, 0.29) is 11.5 Å². The molecule has 0 radical (unpaired) electrons. The van der Waals surface area contributed by atoms with Crippen molar-refractivity contribution in [2.45, 2.75) is 38.8 Å². The van der Waals surface area contributed by atoms with Crippen LogP contribution in [-0.4, -0.2) is 20.4 Å². The summed E-state index contributed by atoms with van der Waals surface area (Å²) in [5, 5.41) is 3.46. The molecule has 26 heavy (non-hydrogen) atoms. The standard InChI is InChI=1S/C20H20N4O2/c25-19(22-13-14-7-9-21-10-8-14)15-5-6-16-17(12-15)23-18-4-2-1-3-11-24(18)20(16)26/h5-10,12H,1-4,11,13H2,(H,22,25). The van der Waals surface area contributed by atoms with E-state index in [2.05, 4.69) is 15.3 Å². The smallest absolute Gasteiger partial charge is 0.261 e. The Labute approximate surface area is 150 Å². The van der Waals surface area contributed by atoms with E-state index in [0.29, 0.717) is 23.0 Å². The zero-order valence-electron chi connectivity index (χ0n) is 14.4. The van der Waals surface area contributed by atoms with E-state index in [1.54, 1.807) is 35.2 Å². The zero-order chi connectivity index (χ0) is 17.9. The number of nitrogens with zero attached hydrogens (tertiary/aromatic N) is 3. The first-order valence-corrected chi connectivity index (χ1v) is 8.93. The number of aromatic nitrogens is 3. The highest BCUT2D eigenvalue weighted by Gasteiger charge is 2.15. The average molecular weight is 348 g/mol. The first kappa shape index (κ1) is 16.4. The monoisotopic (exact) mass is 348 g/mol. The summed E-state index contributed by atoms with van der Waals surface area (Å²) >= 11 is 0. The number of hydrogen-bond acceptors (Lipinski definition) is 4. The number of pyridine rings is 1. The van der Waals surface area contributed by atoms with Crippen molar-refractivity contribution in [3.8, 4) is 0 Å². The van der Waals surface area contributed by atoms with Crippen molar-refractivity contribution in [3.63, 3.8) is 0 Å². The van der Waals surface area contributed by atoms with Gasteiger partial charge in [-0.05, 0) is 48.7 Å². The molecule has 0 unspecified atom stereocenters. The molecule has 2 aromatic heterocycles. The van der Waals surface area contributed by atoms with Gasteiger partial charge in [-0.15, -0.1) is 0 Å². The molecule has 132 valence electrons. The van der Waals surface area contributed by atoms with Crippen molar-refractivity contribution in [1.82, 2.24) is 19.9 Å². The van der Waals surface area contributed by atoms with Crippen LogP contribution in [0, 0.1) is 0 Å². The fraction of sp³-hybridized carbons (Fsp3) is 0.300. The third-order valence-electron chi connectivity index (χ3n) is 4.78. The van der Waals surface area contributed by atoms with Crippen LogP contribution in [0.2, 0.25) is 0 Å². The number of hydrogen-bond donors (Lipinski definition) is 1. The molecule has 3 aromatic rings. The van der Waals surface area contributed by atoms with Gasteiger partial charge in [-0.2, -0.15) is 0 Å². The van der Waals surface area contributed by atoms with Gasteiger partial charge >= 0.3 is 0 Å². The molecule has 1 aromatic carbocycles. The molecular formula is C20H20N4O2. The van der Waals surface area contributed by atoms with Gasteiger partial charge in [0.15, 0.2) is 0 Å². The van der Waals surface area contributed by atoms with Gasteiger partial charge in [0.2, 0.25) is 0 Å². The summed E-state index contributed by atoms with van der Waals surface area (Å²) in [5.74, 6) is 0.648. The zero-order valence-corrected chi connectivity index (χ0v) is 14.4. The minimum Gasteiger partial charge on any atom is -0.348 e. The number of fused-ring (bicyclic) bond motifs is 2. The number of aryl methyl sites for hydroxylation is 1. The van der Waals surface area contributed by atoms with Crippen LogP contribution in [0.4, 0.5) is 0 Å². The van der Waals surface area contributed by atoms with Crippen LogP contribution < -0.4 is 10.9 Å². The molecule has 0 saturated carbocycles. The van der Waals surface area contributed by atoms with Crippen molar-refractivity contribution in [1.29, 1.82) is 0 Å². The molecule has 0 spiro atoms. The third-order valence-corrected chi connectivity index (χ3v) is 4.78. The van der Waals surface area contributed by atoms with Crippen LogP contribution in [0.5, 0.6) is 0 Å². The molecule has 0 fully saturated rings. The Balaban J connectivity index is 1.62. The van der Waals surface area contributed by atoms with Crippen LogP contribution in [0.25, 0.3) is 10.9 Å². The molecule has 6 heteroatoms. The first-order chi connectivity index (χ1) is 12.7. The van der Waals surface area contributed by atoms with Crippen molar-refractivity contribution in [3.05, 3.63) is 70.0 Å². The molecule has 1 N–H and O–H groups in total. The molecule has 1 aliphatic rings. The van der Waals surface area contributed by atoms with Crippen LogP contribution in [-0.2, 0) is 19.5 Å². The van der Waals surface area contributed by atoms with Gasteiger partial charge in [-0.1, -0.05) is 6.42 Å². The number of nitrogens with one attached hydrogen (secondary N) is 1. The number of amides is 1. The summed E-state index contributed by atoms with van der Waals surface area (Å²) in [6, 6.07) is 8.84. The summed E-state index contributed by atoms with van der Waals surface area (Å²) in [4.78, 5) is 33.8. The van der Waals surface area contributed by atoms with Gasteiger partial charge in [0.05, 0.1) is 10.9 Å². The molecule has 0 atom stereocenters. The first-order valence-electron chi connectivity index (χ1n) is 8.93. The predicted octanol–water partition coefficient (Wildman–Crippen LogP) is 2.45. The van der Waals surface area contributed by atoms with Gasteiger partial charge < -0.3 is 5.32 Å². The second-order valence-electron chi connectivity index (χ2n) is 6.57. The van der Waals surface area contributed by atoms with Crippen molar-refractivity contribution >= 4 is 16.8 Å². The Morgan fingerprint density at radius 2 is 1.96 bits per heavy atom. The number of carbonyl (C=O) groups excluding carboxylic acids is 1. The van der Waals surface area contributed by atoms with Crippen molar-refractivity contribution < 1.29 is 4.79 Å². The second kappa shape index (κ2) is 7.07. The Hall–Kier alpha value is -3.02. The minimum absolute atomic E-state index is 0.00403. The Kier molecular flexibility index (Phi) is 4.48. The maximum Gasteiger partial charge on any atom is 0.261 e. The quantitative estimate of drug-likeness (QED) is 0.789. The highest BCUT2D eigenvalue weighted by molar-refractivity contribution is 5.97. The highest BCUT2D eigenvalue weighted by Crippen LogP contribution is 2.16. The van der Waals surface area contributed by atoms with E-state index in [4.69, 9.17) is 0 Å². The van der Waals surface area contributed by atoms with E-state index in [0.717, 1.165) is 43.6 Å². The molecule has 0 aliphatic carbocycles. The molecular weight excluding hydrogens is 328 g/mol. The fourth-order valence-electron chi connectivity index (χ4n) is 3.34. The van der Waals surface area contributed by atoms with Crippen LogP contribution in [0.3, 0.4) is 0 Å². The topological polar surface area (TPSA) is 76.9 Å². The molecule has 0 bridgehead atoms. The molecule has 6 nitrogen and oxygen atoms in total. The van der Waals surface area contributed by atoms with Crippen LogP contribution in [0.15, 0.2) is 47.5 Å². The lowest BCUT2D eigenvalue weighted by atomic mass is 10.1. The van der Waals surface area contributed by atoms with E-state index >= 15 is 0 Å². The van der Waals surface area contributed by atoms with Gasteiger partial charge in [0.25, 0.3) is 11.5 Å². The summed E-state index contributed by atoms with van der Waals surface area (Å²) in [6.07, 6.45) is 7.37. The van der Waals surface area contributed by atoms with Gasteiger partial charge in [0.1, 0.15) is 5.82 Å². The molecule has 1 aliphatic heterocycles. The molecule has 3 heterocycles. The third kappa shape index (κ3) is 3.22. The van der Waals surface area contributed by atoms with E-state index < -0.39 is 0 Å². The molecule has 0 saturated heterocycles.